The molecule has 130 valence electrons. The van der Waals surface area contributed by atoms with E-state index >= 15 is 0 Å². The summed E-state index contributed by atoms with van der Waals surface area (Å²) in [6.07, 6.45) is 1.53. The van der Waals surface area contributed by atoms with Crippen LogP contribution in [-0.4, -0.2) is 25.2 Å². The van der Waals surface area contributed by atoms with Crippen molar-refractivity contribution in [2.75, 3.05) is 5.75 Å². The van der Waals surface area contributed by atoms with Crippen LogP contribution in [0.2, 0.25) is 0 Å². The molecule has 1 amide bonds. The fourth-order valence-corrected chi connectivity index (χ4v) is 3.07. The van der Waals surface area contributed by atoms with Crippen LogP contribution in [0.25, 0.3) is 11.3 Å². The summed E-state index contributed by atoms with van der Waals surface area (Å²) < 4.78 is 33.9. The molecule has 0 atom stereocenters. The minimum absolute atomic E-state index is 0.0364. The van der Waals surface area contributed by atoms with Gasteiger partial charge in [-0.3, -0.25) is 4.79 Å². The molecular weight excluding hydrogens is 344 g/mol. The fraction of sp³-hybridized carbons (Fsp3) is 0.176. The molecule has 0 spiro atoms. The second-order valence-corrected chi connectivity index (χ2v) is 7.54. The number of sulfone groups is 1. The topological polar surface area (TPSA) is 102 Å². The van der Waals surface area contributed by atoms with Gasteiger partial charge in [0, 0.05) is 11.6 Å². The van der Waals surface area contributed by atoms with E-state index in [-0.39, 0.29) is 22.9 Å². The Kier molecular flexibility index (Phi) is 4.71. The highest BCUT2D eigenvalue weighted by Crippen LogP contribution is 2.22. The largest absolute Gasteiger partial charge is 0.467 e. The van der Waals surface area contributed by atoms with Crippen molar-refractivity contribution in [3.63, 3.8) is 0 Å². The van der Waals surface area contributed by atoms with E-state index in [0.717, 1.165) is 0 Å². The number of hydrogen-bond acceptors (Lipinski definition) is 6. The highest BCUT2D eigenvalue weighted by Gasteiger charge is 2.15. The maximum absolute atomic E-state index is 12.1. The predicted octanol–water partition coefficient (Wildman–Crippen LogP) is 2.66. The van der Waals surface area contributed by atoms with Gasteiger partial charge in [0.25, 0.3) is 5.91 Å². The molecule has 0 fully saturated rings. The van der Waals surface area contributed by atoms with Gasteiger partial charge in [0.05, 0.1) is 23.5 Å². The van der Waals surface area contributed by atoms with Gasteiger partial charge >= 0.3 is 0 Å². The number of furan rings is 1. The molecule has 1 N–H and O–H groups in total. The monoisotopic (exact) mass is 360 g/mol. The SMILES string of the molecule is CCS(=O)(=O)c1ccc(-c2cc(C(=O)NCc3ccco3)no2)cc1. The highest BCUT2D eigenvalue weighted by atomic mass is 32.2. The average Bonchev–Trinajstić information content (AvgIpc) is 3.31. The Morgan fingerprint density at radius 2 is 1.96 bits per heavy atom. The fourth-order valence-electron chi connectivity index (χ4n) is 2.18. The first kappa shape index (κ1) is 17.0. The number of benzene rings is 1. The van der Waals surface area contributed by atoms with Crippen molar-refractivity contribution in [1.29, 1.82) is 0 Å². The summed E-state index contributed by atoms with van der Waals surface area (Å²) in [5, 5.41) is 6.41. The Morgan fingerprint density at radius 1 is 1.20 bits per heavy atom. The van der Waals surface area contributed by atoms with Gasteiger partial charge < -0.3 is 14.3 Å². The third-order valence-corrected chi connectivity index (χ3v) is 5.37. The first-order valence-corrected chi connectivity index (χ1v) is 9.25. The number of rotatable bonds is 6. The molecular formula is C17H16N2O5S. The zero-order valence-electron chi connectivity index (χ0n) is 13.4. The number of nitrogens with one attached hydrogen (secondary N) is 1. The van der Waals surface area contributed by atoms with E-state index in [4.69, 9.17) is 8.94 Å². The normalized spacial score (nSPS) is 11.4. The molecule has 2 heterocycles. The van der Waals surface area contributed by atoms with E-state index in [1.807, 2.05) is 0 Å². The van der Waals surface area contributed by atoms with Crippen molar-refractivity contribution in [2.24, 2.45) is 0 Å². The van der Waals surface area contributed by atoms with Crippen LogP contribution in [0, 0.1) is 0 Å². The Bertz CT molecular complexity index is 957. The molecule has 0 saturated carbocycles. The lowest BCUT2D eigenvalue weighted by atomic mass is 10.1. The van der Waals surface area contributed by atoms with E-state index in [9.17, 15) is 13.2 Å². The second-order valence-electron chi connectivity index (χ2n) is 5.27. The molecule has 0 unspecified atom stereocenters. The van der Waals surface area contributed by atoms with Crippen LogP contribution in [0.3, 0.4) is 0 Å². The molecule has 2 aromatic heterocycles. The van der Waals surface area contributed by atoms with Gasteiger partial charge in [-0.05, 0) is 36.4 Å². The summed E-state index contributed by atoms with van der Waals surface area (Å²) in [6, 6.07) is 11.2. The zero-order valence-corrected chi connectivity index (χ0v) is 14.2. The molecule has 0 saturated heterocycles. The van der Waals surface area contributed by atoms with E-state index in [1.165, 1.54) is 24.5 Å². The van der Waals surface area contributed by atoms with Crippen LogP contribution < -0.4 is 5.32 Å². The minimum atomic E-state index is -3.25. The number of carbonyl (C=O) groups excluding carboxylic acids is 1. The van der Waals surface area contributed by atoms with Crippen LogP contribution in [0.15, 0.2) is 62.6 Å². The van der Waals surface area contributed by atoms with Crippen LogP contribution >= 0.6 is 0 Å². The third-order valence-electron chi connectivity index (χ3n) is 3.62. The van der Waals surface area contributed by atoms with Crippen molar-refractivity contribution in [2.45, 2.75) is 18.4 Å². The van der Waals surface area contributed by atoms with E-state index in [2.05, 4.69) is 10.5 Å². The predicted molar refractivity (Wildman–Crippen MR) is 89.5 cm³/mol. The van der Waals surface area contributed by atoms with Crippen LogP contribution in [-0.2, 0) is 16.4 Å². The van der Waals surface area contributed by atoms with Crippen molar-refractivity contribution in [3.8, 4) is 11.3 Å². The maximum atomic E-state index is 12.1. The summed E-state index contributed by atoms with van der Waals surface area (Å²) in [5.41, 5.74) is 0.763. The van der Waals surface area contributed by atoms with Crippen LogP contribution in [0.1, 0.15) is 23.2 Å². The summed E-state index contributed by atoms with van der Waals surface area (Å²) in [7, 11) is -3.25. The van der Waals surface area contributed by atoms with Gasteiger partial charge in [0.2, 0.25) is 0 Å². The molecule has 3 aromatic rings. The molecule has 0 aliphatic carbocycles. The quantitative estimate of drug-likeness (QED) is 0.725. The number of hydrogen-bond donors (Lipinski definition) is 1. The standard InChI is InChI=1S/C17H16N2O5S/c1-2-25(21,22)14-7-5-12(6-8-14)16-10-15(19-24-16)17(20)18-11-13-4-3-9-23-13/h3-10H,2,11H2,1H3,(H,18,20). The minimum Gasteiger partial charge on any atom is -0.467 e. The van der Waals surface area contributed by atoms with Crippen molar-refractivity contribution >= 4 is 15.7 Å². The molecule has 0 aliphatic rings. The van der Waals surface area contributed by atoms with Gasteiger partial charge in [-0.15, -0.1) is 0 Å². The van der Waals surface area contributed by atoms with Gasteiger partial charge in [-0.1, -0.05) is 12.1 Å². The first-order chi connectivity index (χ1) is 12.0. The number of nitrogens with zero attached hydrogens (tertiary/aromatic N) is 1. The van der Waals surface area contributed by atoms with Crippen LogP contribution in [0.5, 0.6) is 0 Å². The highest BCUT2D eigenvalue weighted by molar-refractivity contribution is 7.91. The van der Waals surface area contributed by atoms with Crippen molar-refractivity contribution in [3.05, 3.63) is 60.2 Å². The Labute approximate surface area is 144 Å². The Balaban J connectivity index is 1.71. The summed E-state index contributed by atoms with van der Waals surface area (Å²) >= 11 is 0. The lowest BCUT2D eigenvalue weighted by Gasteiger charge is -2.01. The molecule has 1 aromatic carbocycles. The molecule has 25 heavy (non-hydrogen) atoms. The van der Waals surface area contributed by atoms with E-state index in [0.29, 0.717) is 17.1 Å². The van der Waals surface area contributed by atoms with Crippen molar-refractivity contribution < 1.29 is 22.2 Å². The van der Waals surface area contributed by atoms with E-state index < -0.39 is 15.7 Å². The molecule has 0 bridgehead atoms. The molecule has 3 rings (SSSR count). The smallest absolute Gasteiger partial charge is 0.273 e. The van der Waals surface area contributed by atoms with Gasteiger partial charge in [0.15, 0.2) is 21.3 Å². The molecule has 0 aliphatic heterocycles. The second kappa shape index (κ2) is 6.94. The van der Waals surface area contributed by atoms with Gasteiger partial charge in [-0.25, -0.2) is 8.42 Å². The molecule has 8 heteroatoms. The Morgan fingerprint density at radius 3 is 2.60 bits per heavy atom. The molecule has 7 nitrogen and oxygen atoms in total. The van der Waals surface area contributed by atoms with Gasteiger partial charge in [0.1, 0.15) is 5.76 Å². The van der Waals surface area contributed by atoms with Gasteiger partial charge in [-0.2, -0.15) is 0 Å². The first-order valence-electron chi connectivity index (χ1n) is 7.60. The lowest BCUT2D eigenvalue weighted by molar-refractivity contribution is 0.0939. The summed E-state index contributed by atoms with van der Waals surface area (Å²) in [5.74, 6) is 0.652. The number of aromatic nitrogens is 1. The number of amides is 1. The third kappa shape index (κ3) is 3.80. The Hall–Kier alpha value is -2.87. The summed E-state index contributed by atoms with van der Waals surface area (Å²) in [4.78, 5) is 12.3. The molecule has 0 radical (unpaired) electrons. The van der Waals surface area contributed by atoms with Crippen LogP contribution in [0.4, 0.5) is 0 Å². The average molecular weight is 360 g/mol. The lowest BCUT2D eigenvalue weighted by Crippen LogP contribution is -2.22. The maximum Gasteiger partial charge on any atom is 0.273 e. The van der Waals surface area contributed by atoms with Crippen molar-refractivity contribution in [1.82, 2.24) is 10.5 Å². The summed E-state index contributed by atoms with van der Waals surface area (Å²) in [6.45, 7) is 1.84. The number of carbonyl (C=O) groups is 1. The zero-order chi connectivity index (χ0) is 17.9. The van der Waals surface area contributed by atoms with E-state index in [1.54, 1.807) is 31.2 Å².